The number of anilines is 1. The van der Waals surface area contributed by atoms with Crippen LogP contribution in [-0.4, -0.2) is 13.0 Å². The van der Waals surface area contributed by atoms with E-state index in [-0.39, 0.29) is 17.3 Å². The second-order valence-corrected chi connectivity index (χ2v) is 3.93. The van der Waals surface area contributed by atoms with Crippen molar-refractivity contribution in [1.29, 1.82) is 0 Å². The lowest BCUT2D eigenvalue weighted by molar-refractivity contribution is 0.0993. The molecule has 4 heteroatoms. The highest BCUT2D eigenvalue weighted by atomic mass is 16.2. The Hall–Kier alpha value is -2.49. The number of nitrogens with zero attached hydrogens (tertiary/aromatic N) is 3. The predicted octanol–water partition coefficient (Wildman–Crippen LogP) is 2.36. The molecule has 2 aromatic rings. The first-order valence-corrected chi connectivity index (χ1v) is 5.44. The van der Waals surface area contributed by atoms with Crippen LogP contribution in [-0.2, 0) is 0 Å². The van der Waals surface area contributed by atoms with E-state index in [1.165, 1.54) is 29.2 Å². The standard InChI is InChI=1S/C14H11N3O/c1-17(13-7-3-6-12(16)9-13)14(18)10-4-2-5-11(15)8-10/h2-9H,1H3. The van der Waals surface area contributed by atoms with Crippen molar-refractivity contribution < 1.29 is 4.79 Å². The van der Waals surface area contributed by atoms with Crippen LogP contribution in [0, 0.1) is 0 Å². The molecule has 0 aliphatic rings. The molecule has 4 radical (unpaired) electrons. The van der Waals surface area contributed by atoms with Crippen molar-refractivity contribution in [2.75, 3.05) is 11.9 Å². The van der Waals surface area contributed by atoms with Gasteiger partial charge in [-0.05, 0) is 36.4 Å². The summed E-state index contributed by atoms with van der Waals surface area (Å²) in [6, 6.07) is 12.6. The summed E-state index contributed by atoms with van der Waals surface area (Å²) < 4.78 is 0. The lowest BCUT2D eigenvalue weighted by atomic mass is 10.1. The van der Waals surface area contributed by atoms with Crippen LogP contribution in [0.5, 0.6) is 0 Å². The number of carbonyl (C=O) groups excluding carboxylic acids is 1. The zero-order valence-corrected chi connectivity index (χ0v) is 9.87. The molecule has 0 saturated heterocycles. The molecule has 4 nitrogen and oxygen atoms in total. The van der Waals surface area contributed by atoms with Crippen molar-refractivity contribution in [3.63, 3.8) is 0 Å². The van der Waals surface area contributed by atoms with Crippen molar-refractivity contribution in [1.82, 2.24) is 11.5 Å². The summed E-state index contributed by atoms with van der Waals surface area (Å²) in [6.07, 6.45) is 0. The summed E-state index contributed by atoms with van der Waals surface area (Å²) in [5.41, 5.74) is 19.9. The molecule has 88 valence electrons. The zero-order valence-electron chi connectivity index (χ0n) is 9.87. The van der Waals surface area contributed by atoms with Crippen molar-refractivity contribution in [3.8, 4) is 0 Å². The molecule has 0 saturated carbocycles. The van der Waals surface area contributed by atoms with Crippen LogP contribution < -0.4 is 16.4 Å². The predicted molar refractivity (Wildman–Crippen MR) is 69.2 cm³/mol. The molecule has 0 unspecified atom stereocenters. The first-order chi connectivity index (χ1) is 8.58. The minimum atomic E-state index is -0.253. The molecular weight excluding hydrogens is 226 g/mol. The number of hydrogen-bond donors (Lipinski definition) is 0. The number of amides is 1. The molecule has 18 heavy (non-hydrogen) atoms. The van der Waals surface area contributed by atoms with Crippen LogP contribution in [0.1, 0.15) is 10.4 Å². The molecule has 0 aliphatic carbocycles. The molecule has 0 N–H and O–H groups in total. The van der Waals surface area contributed by atoms with Crippen molar-refractivity contribution in [2.45, 2.75) is 0 Å². The van der Waals surface area contributed by atoms with E-state index in [1.807, 2.05) is 0 Å². The summed E-state index contributed by atoms with van der Waals surface area (Å²) in [5, 5.41) is 0. The maximum absolute atomic E-state index is 12.1. The van der Waals surface area contributed by atoms with Gasteiger partial charge in [-0.15, -0.1) is 0 Å². The van der Waals surface area contributed by atoms with E-state index in [1.54, 1.807) is 31.3 Å². The minimum Gasteiger partial charge on any atom is -0.311 e. The Labute approximate surface area is 106 Å². The summed E-state index contributed by atoms with van der Waals surface area (Å²) >= 11 is 0. The molecule has 2 rings (SSSR count). The van der Waals surface area contributed by atoms with Gasteiger partial charge in [0.15, 0.2) is 0 Å². The third-order valence-corrected chi connectivity index (χ3v) is 2.61. The number of carbonyl (C=O) groups is 1. The molecular formula is C14H11N3O. The van der Waals surface area contributed by atoms with Crippen molar-refractivity contribution >= 4 is 23.0 Å². The number of benzene rings is 2. The van der Waals surface area contributed by atoms with Gasteiger partial charge in [-0.25, -0.2) is 0 Å². The van der Waals surface area contributed by atoms with E-state index in [9.17, 15) is 16.3 Å². The topological polar surface area (TPSA) is 64.9 Å². The van der Waals surface area contributed by atoms with E-state index >= 15 is 0 Å². The van der Waals surface area contributed by atoms with E-state index < -0.39 is 0 Å². The van der Waals surface area contributed by atoms with Crippen molar-refractivity contribution in [3.05, 3.63) is 54.1 Å². The third kappa shape index (κ3) is 2.43. The summed E-state index contributed by atoms with van der Waals surface area (Å²) in [5.74, 6) is -0.253. The van der Waals surface area contributed by atoms with E-state index in [4.69, 9.17) is 0 Å². The van der Waals surface area contributed by atoms with Crippen LogP contribution in [0.3, 0.4) is 0 Å². The Morgan fingerprint density at radius 1 is 1.00 bits per heavy atom. The molecule has 0 aliphatic heterocycles. The Balaban J connectivity index is 2.29. The Kier molecular flexibility index (Phi) is 3.19. The largest absolute Gasteiger partial charge is 0.311 e. The molecule has 0 fully saturated rings. The Morgan fingerprint density at radius 3 is 2.22 bits per heavy atom. The lowest BCUT2D eigenvalue weighted by Gasteiger charge is -2.17. The van der Waals surface area contributed by atoms with E-state index in [0.29, 0.717) is 11.3 Å². The van der Waals surface area contributed by atoms with Gasteiger partial charge in [0.1, 0.15) is 0 Å². The van der Waals surface area contributed by atoms with Crippen LogP contribution in [0.15, 0.2) is 48.5 Å². The highest BCUT2D eigenvalue weighted by Gasteiger charge is 2.13. The highest BCUT2D eigenvalue weighted by molar-refractivity contribution is 6.06. The summed E-state index contributed by atoms with van der Waals surface area (Å²) in [6.45, 7) is 0. The molecule has 0 heterocycles. The second-order valence-electron chi connectivity index (χ2n) is 3.93. The quantitative estimate of drug-likeness (QED) is 0.790. The van der Waals surface area contributed by atoms with Gasteiger partial charge in [0.25, 0.3) is 5.91 Å². The fraction of sp³-hybridized carbons (Fsp3) is 0.0714. The normalized spacial score (nSPS) is 10.1. The Bertz CT molecular complexity index is 581. The average Bonchev–Trinajstić information content (AvgIpc) is 2.37. The minimum absolute atomic E-state index is 0.0464. The fourth-order valence-corrected chi connectivity index (χ4v) is 1.65. The summed E-state index contributed by atoms with van der Waals surface area (Å²) in [7, 11) is 1.61. The highest BCUT2D eigenvalue weighted by Crippen LogP contribution is 2.19. The number of hydrogen-bond acceptors (Lipinski definition) is 1. The molecule has 0 aromatic heterocycles. The summed E-state index contributed by atoms with van der Waals surface area (Å²) in [4.78, 5) is 13.6. The lowest BCUT2D eigenvalue weighted by Crippen LogP contribution is -2.26. The van der Waals surface area contributed by atoms with Crippen LogP contribution in [0.4, 0.5) is 17.1 Å². The van der Waals surface area contributed by atoms with Crippen LogP contribution >= 0.6 is 0 Å². The van der Waals surface area contributed by atoms with Gasteiger partial charge in [0.2, 0.25) is 0 Å². The molecule has 0 atom stereocenters. The zero-order chi connectivity index (χ0) is 13.1. The van der Waals surface area contributed by atoms with Gasteiger partial charge >= 0.3 is 0 Å². The number of rotatable bonds is 2. The fourth-order valence-electron chi connectivity index (χ4n) is 1.65. The maximum atomic E-state index is 12.1. The Morgan fingerprint density at radius 2 is 1.61 bits per heavy atom. The first-order valence-electron chi connectivity index (χ1n) is 5.44. The molecule has 0 spiro atoms. The van der Waals surface area contributed by atoms with Crippen LogP contribution in [0.2, 0.25) is 0 Å². The molecule has 2 aromatic carbocycles. The third-order valence-electron chi connectivity index (χ3n) is 2.61. The van der Waals surface area contributed by atoms with Crippen LogP contribution in [0.25, 0.3) is 0 Å². The maximum Gasteiger partial charge on any atom is 0.258 e. The van der Waals surface area contributed by atoms with Gasteiger partial charge in [0, 0.05) is 18.3 Å². The van der Waals surface area contributed by atoms with Gasteiger partial charge in [-0.2, -0.15) is 11.5 Å². The van der Waals surface area contributed by atoms with Gasteiger partial charge in [-0.3, -0.25) is 4.79 Å². The van der Waals surface area contributed by atoms with Gasteiger partial charge in [-0.1, -0.05) is 12.1 Å². The molecule has 0 bridgehead atoms. The van der Waals surface area contributed by atoms with Crippen molar-refractivity contribution in [2.24, 2.45) is 0 Å². The van der Waals surface area contributed by atoms with E-state index in [0.717, 1.165) is 0 Å². The monoisotopic (exact) mass is 237 g/mol. The molecule has 1 amide bonds. The van der Waals surface area contributed by atoms with Gasteiger partial charge in [0.05, 0.1) is 11.4 Å². The second kappa shape index (κ2) is 4.79. The smallest absolute Gasteiger partial charge is 0.258 e. The van der Waals surface area contributed by atoms with Gasteiger partial charge < -0.3 is 4.90 Å². The first kappa shape index (κ1) is 12.0. The van der Waals surface area contributed by atoms with E-state index in [2.05, 4.69) is 0 Å². The average molecular weight is 237 g/mol. The SMILES string of the molecule is CN(C(=O)c1cccc([N])c1)c1cccc([N])c1.